The molecule has 0 aromatic heterocycles. The van der Waals surface area contributed by atoms with Crippen molar-refractivity contribution < 1.29 is 19.2 Å². The Bertz CT molecular complexity index is 1320. The second-order valence-corrected chi connectivity index (χ2v) is 10.6. The summed E-state index contributed by atoms with van der Waals surface area (Å²) >= 11 is 0. The number of hydrogen-bond donors (Lipinski definition) is 1. The van der Waals surface area contributed by atoms with E-state index >= 15 is 0 Å². The lowest BCUT2D eigenvalue weighted by Gasteiger charge is -2.32. The van der Waals surface area contributed by atoms with Gasteiger partial charge in [-0.15, -0.1) is 0 Å². The monoisotopic (exact) mass is 537 g/mol. The third-order valence-corrected chi connectivity index (χ3v) is 7.82. The van der Waals surface area contributed by atoms with Crippen LogP contribution < -0.4 is 5.32 Å². The lowest BCUT2D eigenvalue weighted by Crippen LogP contribution is -2.52. The van der Waals surface area contributed by atoms with Crippen molar-refractivity contribution in [3.63, 3.8) is 0 Å². The second kappa shape index (κ2) is 12.7. The van der Waals surface area contributed by atoms with Gasteiger partial charge in [-0.1, -0.05) is 85.6 Å². The maximum atomic E-state index is 13.8. The zero-order valence-corrected chi connectivity index (χ0v) is 22.6. The lowest BCUT2D eigenvalue weighted by molar-refractivity contribution is -0.141. The van der Waals surface area contributed by atoms with Crippen molar-refractivity contribution in [2.75, 3.05) is 6.54 Å². The molecule has 1 unspecified atom stereocenters. The van der Waals surface area contributed by atoms with E-state index in [1.54, 1.807) is 29.2 Å². The molecule has 0 radical (unpaired) electrons. The number of imide groups is 1. The van der Waals surface area contributed by atoms with Crippen LogP contribution in [0.5, 0.6) is 0 Å². The van der Waals surface area contributed by atoms with Gasteiger partial charge in [0.2, 0.25) is 11.8 Å². The standard InChI is InChI=1S/C33H35N3O4/c37-30(20-11-21-35-32(39)27-18-9-10-19-28(27)33(35)40)36(23-25-14-5-2-6-15-25)29(22-24-12-3-1-4-13-24)31(38)34-26-16-7-8-17-26/h1-6,9-10,12-15,18-19,26,29H,7-8,11,16-17,20-23H2,(H,34,38). The van der Waals surface area contributed by atoms with Crippen LogP contribution in [0.1, 0.15) is 70.4 Å². The fraction of sp³-hybridized carbons (Fsp3) is 0.333. The number of nitrogens with zero attached hydrogens (tertiary/aromatic N) is 2. The molecule has 7 nitrogen and oxygen atoms in total. The van der Waals surface area contributed by atoms with Crippen molar-refractivity contribution >= 4 is 23.6 Å². The Morgan fingerprint density at radius 2 is 1.35 bits per heavy atom. The molecule has 1 aliphatic carbocycles. The third kappa shape index (κ3) is 6.30. The van der Waals surface area contributed by atoms with Crippen molar-refractivity contribution in [2.24, 2.45) is 0 Å². The number of carbonyl (C=O) groups is 4. The Morgan fingerprint density at radius 1 is 0.800 bits per heavy atom. The summed E-state index contributed by atoms with van der Waals surface area (Å²) in [6.45, 7) is 0.442. The molecule has 4 amide bonds. The highest BCUT2D eigenvalue weighted by atomic mass is 16.2. The molecule has 1 heterocycles. The van der Waals surface area contributed by atoms with E-state index in [2.05, 4.69) is 5.32 Å². The predicted octanol–water partition coefficient (Wildman–Crippen LogP) is 4.76. The SMILES string of the molecule is O=C(NC1CCCC1)C(Cc1ccccc1)N(Cc1ccccc1)C(=O)CCCN1C(=O)c2ccccc2C1=O. The number of hydrogen-bond acceptors (Lipinski definition) is 4. The van der Waals surface area contributed by atoms with E-state index in [-0.39, 0.29) is 42.6 Å². The molecule has 206 valence electrons. The van der Waals surface area contributed by atoms with Gasteiger partial charge in [-0.3, -0.25) is 24.1 Å². The van der Waals surface area contributed by atoms with Gasteiger partial charge in [-0.25, -0.2) is 0 Å². The van der Waals surface area contributed by atoms with Gasteiger partial charge in [-0.2, -0.15) is 0 Å². The number of amides is 4. The van der Waals surface area contributed by atoms with Gasteiger partial charge < -0.3 is 10.2 Å². The van der Waals surface area contributed by atoms with E-state index < -0.39 is 6.04 Å². The molecule has 0 saturated heterocycles. The molecule has 2 aliphatic rings. The van der Waals surface area contributed by atoms with Crippen molar-refractivity contribution in [1.29, 1.82) is 0 Å². The Balaban J connectivity index is 1.34. The molecule has 0 spiro atoms. The molecule has 7 heteroatoms. The number of benzene rings is 3. The maximum absolute atomic E-state index is 13.8. The van der Waals surface area contributed by atoms with Crippen LogP contribution in [-0.4, -0.2) is 52.1 Å². The maximum Gasteiger partial charge on any atom is 0.261 e. The van der Waals surface area contributed by atoms with Crippen LogP contribution in [0.15, 0.2) is 84.9 Å². The zero-order valence-electron chi connectivity index (χ0n) is 22.6. The van der Waals surface area contributed by atoms with Gasteiger partial charge in [0.1, 0.15) is 6.04 Å². The van der Waals surface area contributed by atoms with E-state index in [0.29, 0.717) is 30.5 Å². The summed E-state index contributed by atoms with van der Waals surface area (Å²) < 4.78 is 0. The van der Waals surface area contributed by atoms with Gasteiger partial charge in [0.15, 0.2) is 0 Å². The van der Waals surface area contributed by atoms with Crippen molar-refractivity contribution in [2.45, 2.75) is 63.6 Å². The quantitative estimate of drug-likeness (QED) is 0.357. The number of nitrogens with one attached hydrogen (secondary N) is 1. The molecule has 40 heavy (non-hydrogen) atoms. The Labute approximate surface area is 235 Å². The molecule has 1 aliphatic heterocycles. The highest BCUT2D eigenvalue weighted by Gasteiger charge is 2.36. The first-order valence-electron chi connectivity index (χ1n) is 14.1. The molecular formula is C33H35N3O4. The van der Waals surface area contributed by atoms with E-state index in [1.165, 1.54) is 4.90 Å². The van der Waals surface area contributed by atoms with Crippen LogP contribution in [0.2, 0.25) is 0 Å². The minimum atomic E-state index is -0.685. The first-order valence-corrected chi connectivity index (χ1v) is 14.1. The van der Waals surface area contributed by atoms with Crippen LogP contribution >= 0.6 is 0 Å². The number of fused-ring (bicyclic) bond motifs is 1. The molecular weight excluding hydrogens is 502 g/mol. The average Bonchev–Trinajstić information content (AvgIpc) is 3.58. The molecule has 1 N–H and O–H groups in total. The van der Waals surface area contributed by atoms with Gasteiger partial charge >= 0.3 is 0 Å². The molecule has 5 rings (SSSR count). The highest BCUT2D eigenvalue weighted by molar-refractivity contribution is 6.21. The average molecular weight is 538 g/mol. The Hall–Kier alpha value is -4.26. The van der Waals surface area contributed by atoms with Crippen LogP contribution in [0.25, 0.3) is 0 Å². The Kier molecular flexibility index (Phi) is 8.69. The van der Waals surface area contributed by atoms with E-state index in [9.17, 15) is 19.2 Å². The largest absolute Gasteiger partial charge is 0.352 e. The summed E-state index contributed by atoms with van der Waals surface area (Å²) in [6.07, 6.45) is 4.93. The predicted molar refractivity (Wildman–Crippen MR) is 152 cm³/mol. The van der Waals surface area contributed by atoms with E-state index in [0.717, 1.165) is 36.8 Å². The molecule has 1 saturated carbocycles. The minimum absolute atomic E-state index is 0.113. The van der Waals surface area contributed by atoms with Crippen LogP contribution in [-0.2, 0) is 22.6 Å². The van der Waals surface area contributed by atoms with Gasteiger partial charge in [0, 0.05) is 32.0 Å². The second-order valence-electron chi connectivity index (χ2n) is 10.6. The first-order chi connectivity index (χ1) is 19.5. The van der Waals surface area contributed by atoms with E-state index in [1.807, 2.05) is 60.7 Å². The van der Waals surface area contributed by atoms with Crippen LogP contribution in [0.3, 0.4) is 0 Å². The molecule has 3 aromatic carbocycles. The molecule has 1 atom stereocenters. The summed E-state index contributed by atoms with van der Waals surface area (Å²) in [7, 11) is 0. The summed E-state index contributed by atoms with van der Waals surface area (Å²) in [6, 6.07) is 25.7. The van der Waals surface area contributed by atoms with Gasteiger partial charge in [-0.05, 0) is 42.5 Å². The van der Waals surface area contributed by atoms with Crippen molar-refractivity contribution in [3.8, 4) is 0 Å². The van der Waals surface area contributed by atoms with Crippen LogP contribution in [0, 0.1) is 0 Å². The minimum Gasteiger partial charge on any atom is -0.352 e. The van der Waals surface area contributed by atoms with Gasteiger partial charge in [0.05, 0.1) is 11.1 Å². The van der Waals surface area contributed by atoms with Crippen molar-refractivity contribution in [3.05, 3.63) is 107 Å². The fourth-order valence-electron chi connectivity index (χ4n) is 5.68. The third-order valence-electron chi connectivity index (χ3n) is 7.82. The smallest absolute Gasteiger partial charge is 0.261 e. The number of carbonyl (C=O) groups excluding carboxylic acids is 4. The summed E-state index contributed by atoms with van der Waals surface area (Å²) in [5.41, 5.74) is 2.71. The van der Waals surface area contributed by atoms with Crippen molar-refractivity contribution in [1.82, 2.24) is 15.1 Å². The Morgan fingerprint density at radius 3 is 1.95 bits per heavy atom. The van der Waals surface area contributed by atoms with Crippen LogP contribution in [0.4, 0.5) is 0 Å². The number of rotatable bonds is 11. The summed E-state index contributed by atoms with van der Waals surface area (Å²) in [4.78, 5) is 56.0. The molecule has 3 aromatic rings. The summed E-state index contributed by atoms with van der Waals surface area (Å²) in [5.74, 6) is -0.970. The van der Waals surface area contributed by atoms with E-state index in [4.69, 9.17) is 0 Å². The molecule has 0 bridgehead atoms. The zero-order chi connectivity index (χ0) is 27.9. The van der Waals surface area contributed by atoms with Gasteiger partial charge in [0.25, 0.3) is 11.8 Å². The fourth-order valence-corrected chi connectivity index (χ4v) is 5.68. The first kappa shape index (κ1) is 27.3. The highest BCUT2D eigenvalue weighted by Crippen LogP contribution is 2.24. The topological polar surface area (TPSA) is 86.8 Å². The summed E-state index contributed by atoms with van der Waals surface area (Å²) in [5, 5.41) is 3.21. The normalized spacial score (nSPS) is 15.7. The molecule has 1 fully saturated rings. The lowest BCUT2D eigenvalue weighted by atomic mass is 10.0.